The van der Waals surface area contributed by atoms with Gasteiger partial charge in [0.25, 0.3) is 0 Å². The van der Waals surface area contributed by atoms with Crippen molar-refractivity contribution < 1.29 is 4.39 Å². The first-order valence-electron chi connectivity index (χ1n) is 4.74. The zero-order valence-corrected chi connectivity index (χ0v) is 9.17. The first-order chi connectivity index (χ1) is 7.81. The monoisotopic (exact) mass is 229 g/mol. The number of aliphatic imine (C=N–C) groups is 1. The van der Waals surface area contributed by atoms with E-state index >= 15 is 0 Å². The maximum atomic E-state index is 13.1. The minimum atomic E-state index is -0.330. The molecule has 0 N–H and O–H groups in total. The minimum absolute atomic E-state index is 0.330. The van der Waals surface area contributed by atoms with Gasteiger partial charge in [0.15, 0.2) is 0 Å². The third-order valence-corrected chi connectivity index (χ3v) is 2.30. The van der Waals surface area contributed by atoms with Crippen LogP contribution in [-0.2, 0) is 0 Å². The fraction of sp³-hybridized carbons (Fsp3) is 0. The molecule has 3 heteroatoms. The molecule has 0 aliphatic heterocycles. The quantitative estimate of drug-likeness (QED) is 0.554. The van der Waals surface area contributed by atoms with Crippen molar-refractivity contribution in [1.82, 2.24) is 0 Å². The molecule has 0 aliphatic rings. The van der Waals surface area contributed by atoms with Gasteiger partial charge in [-0.2, -0.15) is 4.99 Å². The lowest BCUT2D eigenvalue weighted by Gasteiger charge is -2.04. The van der Waals surface area contributed by atoms with Gasteiger partial charge >= 0.3 is 0 Å². The second-order valence-corrected chi connectivity index (χ2v) is 3.41. The molecule has 2 aromatic rings. The third-order valence-electron chi connectivity index (χ3n) is 2.21. The highest BCUT2D eigenvalue weighted by Gasteiger charge is 2.04. The van der Waals surface area contributed by atoms with Crippen molar-refractivity contribution in [1.29, 1.82) is 0 Å². The molecule has 1 nitrogen and oxygen atoms in total. The molecule has 0 amide bonds. The molecule has 0 radical (unpaired) electrons. The lowest BCUT2D eigenvalue weighted by molar-refractivity contribution is 0.628. The number of rotatable bonds is 2. The van der Waals surface area contributed by atoms with E-state index in [1.807, 2.05) is 30.3 Å². The van der Waals surface area contributed by atoms with Crippen LogP contribution in [0.15, 0.2) is 53.5 Å². The smallest absolute Gasteiger partial charge is 0.125 e. The molecule has 0 atom stereocenters. The van der Waals surface area contributed by atoms with Gasteiger partial charge in [0, 0.05) is 11.6 Å². The number of benzene rings is 2. The Kier molecular flexibility index (Phi) is 3.20. The molecule has 0 fully saturated rings. The predicted octanol–water partition coefficient (Wildman–Crippen LogP) is 4.23. The topological polar surface area (TPSA) is 12.4 Å². The van der Waals surface area contributed by atoms with Crippen molar-refractivity contribution in [2.24, 2.45) is 4.99 Å². The van der Waals surface area contributed by atoms with Gasteiger partial charge < -0.3 is 0 Å². The average Bonchev–Trinajstić information content (AvgIpc) is 2.31. The fourth-order valence-electron chi connectivity index (χ4n) is 1.51. The van der Waals surface area contributed by atoms with Crippen LogP contribution in [0.2, 0.25) is 0 Å². The minimum Gasteiger partial charge on any atom is -0.207 e. The lowest BCUT2D eigenvalue weighted by Crippen LogP contribution is -1.80. The van der Waals surface area contributed by atoms with Gasteiger partial charge in [-0.25, -0.2) is 4.39 Å². The second kappa shape index (κ2) is 4.79. The van der Waals surface area contributed by atoms with Crippen LogP contribution in [0.5, 0.6) is 0 Å². The number of isothiocyanates is 1. The summed E-state index contributed by atoms with van der Waals surface area (Å²) < 4.78 is 13.1. The summed E-state index contributed by atoms with van der Waals surface area (Å²) in [4.78, 5) is 3.87. The first-order valence-corrected chi connectivity index (χ1v) is 5.15. The Balaban J connectivity index is 2.61. The lowest BCUT2D eigenvalue weighted by atomic mass is 10.0. The molecule has 0 heterocycles. The molecule has 2 aromatic carbocycles. The van der Waals surface area contributed by atoms with Crippen LogP contribution in [0.25, 0.3) is 11.1 Å². The number of nitrogens with zero attached hydrogens (tertiary/aromatic N) is 1. The average molecular weight is 229 g/mol. The van der Waals surface area contributed by atoms with E-state index in [9.17, 15) is 4.39 Å². The summed E-state index contributed by atoms with van der Waals surface area (Å²) in [7, 11) is 0. The predicted molar refractivity (Wildman–Crippen MR) is 66.5 cm³/mol. The van der Waals surface area contributed by atoms with Gasteiger partial charge in [0.05, 0.1) is 10.8 Å². The van der Waals surface area contributed by atoms with Gasteiger partial charge in [-0.1, -0.05) is 30.3 Å². The zero-order valence-electron chi connectivity index (χ0n) is 8.35. The van der Waals surface area contributed by atoms with Gasteiger partial charge in [-0.15, -0.1) is 0 Å². The van der Waals surface area contributed by atoms with Crippen LogP contribution >= 0.6 is 12.2 Å². The Morgan fingerprint density at radius 2 is 1.81 bits per heavy atom. The van der Waals surface area contributed by atoms with Crippen LogP contribution in [-0.4, -0.2) is 5.16 Å². The zero-order chi connectivity index (χ0) is 11.4. The Hall–Kier alpha value is -1.83. The second-order valence-electron chi connectivity index (χ2n) is 3.23. The van der Waals surface area contributed by atoms with Crippen molar-refractivity contribution in [3.05, 3.63) is 54.3 Å². The van der Waals surface area contributed by atoms with E-state index in [2.05, 4.69) is 22.4 Å². The standard InChI is InChI=1S/C13H8FNS/c14-11-6-7-12(13(8-11)15-9-16)10-4-2-1-3-5-10/h1-8H. The Labute approximate surface area is 98.3 Å². The molecular formula is C13H8FNS. The van der Waals surface area contributed by atoms with E-state index < -0.39 is 0 Å². The van der Waals surface area contributed by atoms with E-state index in [1.165, 1.54) is 12.1 Å². The summed E-state index contributed by atoms with van der Waals surface area (Å²) in [5.74, 6) is -0.330. The maximum absolute atomic E-state index is 13.1. The maximum Gasteiger partial charge on any atom is 0.125 e. The van der Waals surface area contributed by atoms with Crippen LogP contribution < -0.4 is 0 Å². The summed E-state index contributed by atoms with van der Waals surface area (Å²) in [6.45, 7) is 0. The summed E-state index contributed by atoms with van der Waals surface area (Å²) in [5.41, 5.74) is 2.33. The SMILES string of the molecule is Fc1ccc(-c2ccccc2)c(N=C=S)c1. The van der Waals surface area contributed by atoms with Gasteiger partial charge in [0.1, 0.15) is 5.82 Å². The fourth-order valence-corrected chi connectivity index (χ4v) is 1.61. The van der Waals surface area contributed by atoms with E-state index in [0.29, 0.717) is 5.69 Å². The summed E-state index contributed by atoms with van der Waals surface area (Å²) in [6, 6.07) is 14.1. The Morgan fingerprint density at radius 1 is 1.06 bits per heavy atom. The van der Waals surface area contributed by atoms with Crippen molar-refractivity contribution in [3.8, 4) is 11.1 Å². The normalized spacial score (nSPS) is 9.56. The summed E-state index contributed by atoms with van der Waals surface area (Å²) >= 11 is 4.55. The summed E-state index contributed by atoms with van der Waals surface area (Å²) in [6.07, 6.45) is 0. The van der Waals surface area contributed by atoms with Crippen LogP contribution in [0.4, 0.5) is 10.1 Å². The van der Waals surface area contributed by atoms with E-state index in [-0.39, 0.29) is 5.82 Å². The van der Waals surface area contributed by atoms with Gasteiger partial charge in [0.2, 0.25) is 0 Å². The highest BCUT2D eigenvalue weighted by atomic mass is 32.1. The molecule has 0 aromatic heterocycles. The molecule has 0 saturated carbocycles. The molecule has 0 aliphatic carbocycles. The first kappa shape index (κ1) is 10.7. The molecule has 0 unspecified atom stereocenters. The molecule has 78 valence electrons. The van der Waals surface area contributed by atoms with E-state index in [0.717, 1.165) is 11.1 Å². The molecule has 16 heavy (non-hydrogen) atoms. The number of thiocarbonyl (C=S) groups is 1. The third kappa shape index (κ3) is 2.22. The van der Waals surface area contributed by atoms with Gasteiger partial charge in [-0.3, -0.25) is 0 Å². The molecule has 0 spiro atoms. The van der Waals surface area contributed by atoms with E-state index in [1.54, 1.807) is 6.07 Å². The van der Waals surface area contributed by atoms with E-state index in [4.69, 9.17) is 0 Å². The largest absolute Gasteiger partial charge is 0.207 e. The van der Waals surface area contributed by atoms with Crippen molar-refractivity contribution in [3.63, 3.8) is 0 Å². The van der Waals surface area contributed by atoms with Crippen LogP contribution in [0.3, 0.4) is 0 Å². The highest BCUT2D eigenvalue weighted by Crippen LogP contribution is 2.30. The molecule has 0 saturated heterocycles. The van der Waals surface area contributed by atoms with Crippen LogP contribution in [0, 0.1) is 5.82 Å². The summed E-state index contributed by atoms with van der Waals surface area (Å²) in [5, 5.41) is 2.26. The number of hydrogen-bond donors (Lipinski definition) is 0. The molecule has 0 bridgehead atoms. The number of halogens is 1. The van der Waals surface area contributed by atoms with Gasteiger partial charge in [-0.05, 0) is 29.9 Å². The highest BCUT2D eigenvalue weighted by molar-refractivity contribution is 7.78. The van der Waals surface area contributed by atoms with Crippen molar-refractivity contribution >= 4 is 23.1 Å². The Bertz CT molecular complexity index is 545. The van der Waals surface area contributed by atoms with Crippen LogP contribution in [0.1, 0.15) is 0 Å². The number of hydrogen-bond acceptors (Lipinski definition) is 2. The molecular weight excluding hydrogens is 221 g/mol. The Morgan fingerprint density at radius 3 is 2.50 bits per heavy atom. The van der Waals surface area contributed by atoms with Crippen molar-refractivity contribution in [2.75, 3.05) is 0 Å². The molecule has 2 rings (SSSR count). The van der Waals surface area contributed by atoms with Crippen molar-refractivity contribution in [2.45, 2.75) is 0 Å².